The highest BCUT2D eigenvalue weighted by atomic mass is 35.5. The van der Waals surface area contributed by atoms with Crippen molar-refractivity contribution in [2.24, 2.45) is 0 Å². The van der Waals surface area contributed by atoms with E-state index in [1.165, 1.54) is 0 Å². The summed E-state index contributed by atoms with van der Waals surface area (Å²) in [4.78, 5) is 27.6. The summed E-state index contributed by atoms with van der Waals surface area (Å²) in [5.74, 6) is -0.250. The second-order valence-electron chi connectivity index (χ2n) is 5.41. The van der Waals surface area contributed by atoms with Crippen LogP contribution in [-0.4, -0.2) is 10.8 Å². The Labute approximate surface area is 128 Å². The van der Waals surface area contributed by atoms with Gasteiger partial charge >= 0.3 is 0 Å². The van der Waals surface area contributed by atoms with Gasteiger partial charge in [-0.25, -0.2) is 0 Å². The lowest BCUT2D eigenvalue weighted by atomic mass is 10.0. The van der Waals surface area contributed by atoms with Crippen LogP contribution in [0.25, 0.3) is 0 Å². The molecule has 1 N–H and O–H groups in total. The van der Waals surface area contributed by atoms with E-state index in [2.05, 4.69) is 4.98 Å². The Balaban J connectivity index is 2.02. The lowest BCUT2D eigenvalue weighted by Gasteiger charge is -2.08. The van der Waals surface area contributed by atoms with Crippen LogP contribution in [0.4, 0.5) is 0 Å². The average molecular weight is 302 g/mol. The number of hydrogen-bond acceptors (Lipinski definition) is 2. The van der Waals surface area contributed by atoms with E-state index < -0.39 is 0 Å². The van der Waals surface area contributed by atoms with Crippen LogP contribution in [-0.2, 0) is 12.8 Å². The number of aromatic nitrogens is 1. The van der Waals surface area contributed by atoms with E-state index in [1.807, 2.05) is 0 Å². The maximum absolute atomic E-state index is 12.5. The molecule has 4 heteroatoms. The summed E-state index contributed by atoms with van der Waals surface area (Å²) in [5.41, 5.74) is 2.50. The second-order valence-corrected chi connectivity index (χ2v) is 5.85. The van der Waals surface area contributed by atoms with Crippen molar-refractivity contribution in [3.05, 3.63) is 68.1 Å². The van der Waals surface area contributed by atoms with Crippen molar-refractivity contribution in [3.63, 3.8) is 0 Å². The third-order valence-corrected chi connectivity index (χ3v) is 4.19. The maximum Gasteiger partial charge on any atom is 0.259 e. The number of carbonyl (C=O) groups excluding carboxylic acids is 1. The number of aromatic amines is 1. The molecule has 0 radical (unpaired) electrons. The molecule has 2 aromatic rings. The smallest absolute Gasteiger partial charge is 0.259 e. The Morgan fingerprint density at radius 2 is 1.76 bits per heavy atom. The van der Waals surface area contributed by atoms with E-state index in [4.69, 9.17) is 11.6 Å². The van der Waals surface area contributed by atoms with Gasteiger partial charge < -0.3 is 4.98 Å². The molecule has 21 heavy (non-hydrogen) atoms. The van der Waals surface area contributed by atoms with Gasteiger partial charge in [-0.15, -0.1) is 0 Å². The van der Waals surface area contributed by atoms with Gasteiger partial charge in [0.05, 0.1) is 5.56 Å². The minimum absolute atomic E-state index is 0.220. The molecule has 0 aliphatic heterocycles. The third kappa shape index (κ3) is 2.93. The predicted octanol–water partition coefficient (Wildman–Crippen LogP) is 3.53. The monoisotopic (exact) mass is 301 g/mol. The van der Waals surface area contributed by atoms with E-state index in [1.54, 1.807) is 30.3 Å². The van der Waals surface area contributed by atoms with Crippen molar-refractivity contribution < 1.29 is 4.79 Å². The largest absolute Gasteiger partial charge is 0.325 e. The van der Waals surface area contributed by atoms with Gasteiger partial charge in [0.25, 0.3) is 5.56 Å². The fraction of sp³-hybridized carbons (Fsp3) is 0.294. The quantitative estimate of drug-likeness (QED) is 0.681. The van der Waals surface area contributed by atoms with Gasteiger partial charge in [0, 0.05) is 16.3 Å². The number of H-pyrrole nitrogens is 1. The molecule has 1 aromatic carbocycles. The van der Waals surface area contributed by atoms with Gasteiger partial charge in [-0.2, -0.15) is 0 Å². The summed E-state index contributed by atoms with van der Waals surface area (Å²) in [6.07, 6.45) is 5.17. The molecule has 0 saturated carbocycles. The molecule has 0 bridgehead atoms. The molecule has 3 nitrogen and oxygen atoms in total. The SMILES string of the molecule is O=C(c1ccc(Cl)cc1)c1cc2c([nH]c1=O)CCCCC2. The predicted molar refractivity (Wildman–Crippen MR) is 83.2 cm³/mol. The minimum atomic E-state index is -0.296. The van der Waals surface area contributed by atoms with Gasteiger partial charge in [0.2, 0.25) is 0 Å². The zero-order chi connectivity index (χ0) is 14.8. The Morgan fingerprint density at radius 3 is 2.52 bits per heavy atom. The number of fused-ring (bicyclic) bond motifs is 1. The lowest BCUT2D eigenvalue weighted by molar-refractivity contribution is 0.103. The van der Waals surface area contributed by atoms with E-state index in [-0.39, 0.29) is 16.9 Å². The summed E-state index contributed by atoms with van der Waals surface area (Å²) in [7, 11) is 0. The maximum atomic E-state index is 12.5. The number of hydrogen-bond donors (Lipinski definition) is 1. The molecule has 1 aromatic heterocycles. The van der Waals surface area contributed by atoms with Crippen LogP contribution in [0.1, 0.15) is 46.4 Å². The highest BCUT2D eigenvalue weighted by Gasteiger charge is 2.17. The third-order valence-electron chi connectivity index (χ3n) is 3.94. The number of halogens is 1. The Kier molecular flexibility index (Phi) is 3.93. The summed E-state index contributed by atoms with van der Waals surface area (Å²) in [6.45, 7) is 0. The minimum Gasteiger partial charge on any atom is -0.325 e. The highest BCUT2D eigenvalue weighted by Crippen LogP contribution is 2.19. The molecule has 0 spiro atoms. The van der Waals surface area contributed by atoms with Crippen LogP contribution in [0.5, 0.6) is 0 Å². The number of aryl methyl sites for hydroxylation is 2. The van der Waals surface area contributed by atoms with Crippen LogP contribution in [0.3, 0.4) is 0 Å². The van der Waals surface area contributed by atoms with Crippen LogP contribution in [0.15, 0.2) is 35.1 Å². The molecule has 0 atom stereocenters. The molecule has 1 heterocycles. The van der Waals surface area contributed by atoms with E-state index in [9.17, 15) is 9.59 Å². The highest BCUT2D eigenvalue weighted by molar-refractivity contribution is 6.30. The molecule has 1 aliphatic rings. The van der Waals surface area contributed by atoms with Gasteiger partial charge in [-0.05, 0) is 61.6 Å². The topological polar surface area (TPSA) is 49.9 Å². The molecule has 3 rings (SSSR count). The number of ketones is 1. The zero-order valence-electron chi connectivity index (χ0n) is 11.6. The molecule has 0 fully saturated rings. The van der Waals surface area contributed by atoms with Crippen molar-refractivity contribution >= 4 is 17.4 Å². The molecular weight excluding hydrogens is 286 g/mol. The first-order valence-electron chi connectivity index (χ1n) is 7.20. The number of carbonyl (C=O) groups is 1. The molecule has 1 aliphatic carbocycles. The van der Waals surface area contributed by atoms with Gasteiger partial charge in [0.1, 0.15) is 0 Å². The summed E-state index contributed by atoms with van der Waals surface area (Å²) in [5, 5.41) is 0.572. The molecule has 108 valence electrons. The normalized spacial score (nSPS) is 14.3. The molecule has 0 saturated heterocycles. The first kappa shape index (κ1) is 14.1. The fourth-order valence-electron chi connectivity index (χ4n) is 2.78. The standard InChI is InChI=1S/C17H16ClNO2/c18-13-8-6-11(7-9-13)16(20)14-10-12-4-2-1-3-5-15(12)19-17(14)21/h6-10H,1-5H2,(H,19,21). The molecular formula is C17H16ClNO2. The second kappa shape index (κ2) is 5.86. The number of nitrogens with one attached hydrogen (secondary N) is 1. The summed E-state index contributed by atoms with van der Waals surface area (Å²) < 4.78 is 0. The van der Waals surface area contributed by atoms with Crippen LogP contribution in [0, 0.1) is 0 Å². The number of pyridine rings is 1. The van der Waals surface area contributed by atoms with Crippen molar-refractivity contribution in [1.29, 1.82) is 0 Å². The van der Waals surface area contributed by atoms with Crippen molar-refractivity contribution in [3.8, 4) is 0 Å². The number of rotatable bonds is 2. The van der Waals surface area contributed by atoms with Gasteiger partial charge in [-0.1, -0.05) is 18.0 Å². The molecule has 0 unspecified atom stereocenters. The Hall–Kier alpha value is -1.87. The zero-order valence-corrected chi connectivity index (χ0v) is 12.4. The average Bonchev–Trinajstić information content (AvgIpc) is 2.71. The lowest BCUT2D eigenvalue weighted by Crippen LogP contribution is -2.21. The Morgan fingerprint density at radius 1 is 1.05 bits per heavy atom. The van der Waals surface area contributed by atoms with Gasteiger partial charge in [-0.3, -0.25) is 9.59 Å². The summed E-state index contributed by atoms with van der Waals surface area (Å²) >= 11 is 5.83. The van der Waals surface area contributed by atoms with Crippen LogP contribution < -0.4 is 5.56 Å². The van der Waals surface area contributed by atoms with Crippen LogP contribution >= 0.6 is 11.6 Å². The van der Waals surface area contributed by atoms with Crippen molar-refractivity contribution in [2.75, 3.05) is 0 Å². The van der Waals surface area contributed by atoms with E-state index >= 15 is 0 Å². The van der Waals surface area contributed by atoms with Crippen molar-refractivity contribution in [2.45, 2.75) is 32.1 Å². The van der Waals surface area contributed by atoms with Crippen molar-refractivity contribution in [1.82, 2.24) is 4.98 Å². The first-order chi connectivity index (χ1) is 10.1. The summed E-state index contributed by atoms with van der Waals surface area (Å²) in [6, 6.07) is 8.39. The fourth-order valence-corrected chi connectivity index (χ4v) is 2.90. The molecule has 0 amide bonds. The van der Waals surface area contributed by atoms with Crippen LogP contribution in [0.2, 0.25) is 5.02 Å². The Bertz CT molecular complexity index is 731. The van der Waals surface area contributed by atoms with E-state index in [0.29, 0.717) is 10.6 Å². The number of benzene rings is 1. The first-order valence-corrected chi connectivity index (χ1v) is 7.58. The van der Waals surface area contributed by atoms with Gasteiger partial charge in [0.15, 0.2) is 5.78 Å². The van der Waals surface area contributed by atoms with E-state index in [0.717, 1.165) is 43.4 Å².